The van der Waals surface area contributed by atoms with Gasteiger partial charge in [0.2, 0.25) is 0 Å². The zero-order valence-corrected chi connectivity index (χ0v) is 17.3. The predicted molar refractivity (Wildman–Crippen MR) is 117 cm³/mol. The molecule has 0 saturated carbocycles. The van der Waals surface area contributed by atoms with Crippen LogP contribution < -0.4 is 10.2 Å². The van der Waals surface area contributed by atoms with Gasteiger partial charge in [-0.15, -0.1) is 0 Å². The lowest BCUT2D eigenvalue weighted by Crippen LogP contribution is -2.50. The Kier molecular flexibility index (Phi) is 6.46. The van der Waals surface area contributed by atoms with E-state index in [-0.39, 0.29) is 23.5 Å². The van der Waals surface area contributed by atoms with E-state index in [1.807, 2.05) is 17.0 Å². The number of furan rings is 1. The maximum atomic E-state index is 14.1. The van der Waals surface area contributed by atoms with Gasteiger partial charge >= 0.3 is 0 Å². The molecular formula is C23H23FN4O4. The van der Waals surface area contributed by atoms with Crippen LogP contribution in [0.2, 0.25) is 0 Å². The molecule has 2 aromatic carbocycles. The molecule has 1 aliphatic rings. The highest BCUT2D eigenvalue weighted by atomic mass is 19.1. The lowest BCUT2D eigenvalue weighted by molar-refractivity contribution is -0.384. The molecule has 1 aliphatic heterocycles. The van der Waals surface area contributed by atoms with Crippen LogP contribution in [0, 0.1) is 15.9 Å². The largest absolute Gasteiger partial charge is 0.468 e. The summed E-state index contributed by atoms with van der Waals surface area (Å²) >= 11 is 0. The quantitative estimate of drug-likeness (QED) is 0.448. The molecule has 0 aliphatic carbocycles. The Morgan fingerprint density at radius 1 is 1.06 bits per heavy atom. The topological polar surface area (TPSA) is 91.9 Å². The van der Waals surface area contributed by atoms with Crippen LogP contribution in [0.25, 0.3) is 0 Å². The minimum atomic E-state index is -0.504. The Morgan fingerprint density at radius 3 is 2.41 bits per heavy atom. The average molecular weight is 438 g/mol. The molecule has 0 bridgehead atoms. The van der Waals surface area contributed by atoms with Crippen molar-refractivity contribution in [2.24, 2.45) is 0 Å². The number of nitrogens with zero attached hydrogens (tertiary/aromatic N) is 3. The van der Waals surface area contributed by atoms with Gasteiger partial charge in [-0.2, -0.15) is 0 Å². The number of anilines is 1. The Hall–Kier alpha value is -3.72. The standard InChI is InChI=1S/C23H23FN4O4/c24-19-4-1-2-5-20(19)26-11-13-27(14-12-26)21(22-6-3-15-32-22)16-25-23(29)17-7-9-18(10-8-17)28(30)31/h1-10,15,21H,11-14,16H2,(H,25,29)/t21-/m0/s1. The van der Waals surface area contributed by atoms with Gasteiger partial charge in [0.1, 0.15) is 11.6 Å². The molecule has 1 fully saturated rings. The minimum absolute atomic E-state index is 0.0669. The number of hydrogen-bond donors (Lipinski definition) is 1. The fraction of sp³-hybridized carbons (Fsp3) is 0.261. The second-order valence-corrected chi connectivity index (χ2v) is 7.52. The number of benzene rings is 2. The highest BCUT2D eigenvalue weighted by Crippen LogP contribution is 2.26. The van der Waals surface area contributed by atoms with Crippen molar-refractivity contribution in [3.63, 3.8) is 0 Å². The highest BCUT2D eigenvalue weighted by Gasteiger charge is 2.28. The molecule has 1 atom stereocenters. The van der Waals surface area contributed by atoms with E-state index in [1.165, 1.54) is 30.3 Å². The van der Waals surface area contributed by atoms with Crippen molar-refractivity contribution in [2.45, 2.75) is 6.04 Å². The first-order valence-electron chi connectivity index (χ1n) is 10.3. The molecule has 4 rings (SSSR count). The van der Waals surface area contributed by atoms with E-state index in [1.54, 1.807) is 24.5 Å². The van der Waals surface area contributed by atoms with Crippen LogP contribution in [0.4, 0.5) is 15.8 Å². The molecule has 166 valence electrons. The fourth-order valence-electron chi connectivity index (χ4n) is 3.90. The molecule has 0 spiro atoms. The van der Waals surface area contributed by atoms with E-state index in [9.17, 15) is 19.3 Å². The third kappa shape index (κ3) is 4.78. The van der Waals surface area contributed by atoms with Gasteiger partial charge in [0.25, 0.3) is 11.6 Å². The SMILES string of the molecule is O=C(NC[C@@H](c1ccco1)N1CCN(c2ccccc2F)CC1)c1ccc([N+](=O)[O-])cc1. The van der Waals surface area contributed by atoms with Gasteiger partial charge in [0, 0.05) is 50.4 Å². The lowest BCUT2D eigenvalue weighted by atomic mass is 10.1. The molecule has 8 nitrogen and oxygen atoms in total. The average Bonchev–Trinajstić information content (AvgIpc) is 3.34. The normalized spacial score (nSPS) is 15.3. The summed E-state index contributed by atoms with van der Waals surface area (Å²) in [4.78, 5) is 27.1. The number of piperazine rings is 1. The van der Waals surface area contributed by atoms with E-state index in [4.69, 9.17) is 4.42 Å². The molecule has 2 heterocycles. The first-order valence-corrected chi connectivity index (χ1v) is 10.3. The van der Waals surface area contributed by atoms with Gasteiger partial charge in [-0.3, -0.25) is 19.8 Å². The summed E-state index contributed by atoms with van der Waals surface area (Å²) in [6, 6.07) is 15.7. The number of carbonyl (C=O) groups is 1. The number of carbonyl (C=O) groups excluding carboxylic acids is 1. The van der Waals surface area contributed by atoms with Gasteiger partial charge in [0.05, 0.1) is 22.9 Å². The Bertz CT molecular complexity index is 1060. The summed E-state index contributed by atoms with van der Waals surface area (Å²) in [5.74, 6) is 0.175. The van der Waals surface area contributed by atoms with Crippen molar-refractivity contribution in [1.29, 1.82) is 0 Å². The van der Waals surface area contributed by atoms with Crippen molar-refractivity contribution in [2.75, 3.05) is 37.6 Å². The number of non-ortho nitro benzene ring substituents is 1. The smallest absolute Gasteiger partial charge is 0.269 e. The first kappa shape index (κ1) is 21.5. The lowest BCUT2D eigenvalue weighted by Gasteiger charge is -2.39. The number of nitrogens with one attached hydrogen (secondary N) is 1. The minimum Gasteiger partial charge on any atom is -0.468 e. The summed E-state index contributed by atoms with van der Waals surface area (Å²) in [5, 5.41) is 13.7. The number of rotatable bonds is 7. The van der Waals surface area contributed by atoms with Crippen LogP contribution in [0.5, 0.6) is 0 Å². The van der Waals surface area contributed by atoms with E-state index in [0.717, 1.165) is 5.76 Å². The van der Waals surface area contributed by atoms with Gasteiger partial charge in [-0.05, 0) is 36.4 Å². The number of para-hydroxylation sites is 1. The van der Waals surface area contributed by atoms with Crippen LogP contribution in [0.3, 0.4) is 0 Å². The van der Waals surface area contributed by atoms with Crippen molar-refractivity contribution >= 4 is 17.3 Å². The van der Waals surface area contributed by atoms with Crippen LogP contribution in [-0.4, -0.2) is 48.5 Å². The summed E-state index contributed by atoms with van der Waals surface area (Å²) in [7, 11) is 0. The molecule has 1 aromatic heterocycles. The summed E-state index contributed by atoms with van der Waals surface area (Å²) in [5.41, 5.74) is 0.870. The van der Waals surface area contributed by atoms with Crippen LogP contribution >= 0.6 is 0 Å². The van der Waals surface area contributed by atoms with Gasteiger partial charge < -0.3 is 14.6 Å². The summed E-state index contributed by atoms with van der Waals surface area (Å²) in [6.07, 6.45) is 1.59. The van der Waals surface area contributed by atoms with Gasteiger partial charge in [-0.25, -0.2) is 4.39 Å². The molecule has 3 aromatic rings. The number of amides is 1. The zero-order valence-electron chi connectivity index (χ0n) is 17.3. The highest BCUT2D eigenvalue weighted by molar-refractivity contribution is 5.94. The maximum absolute atomic E-state index is 14.1. The predicted octanol–water partition coefficient (Wildman–Crippen LogP) is 3.62. The fourth-order valence-corrected chi connectivity index (χ4v) is 3.90. The van der Waals surface area contributed by atoms with Crippen LogP contribution in [-0.2, 0) is 0 Å². The van der Waals surface area contributed by atoms with E-state index < -0.39 is 4.92 Å². The van der Waals surface area contributed by atoms with Crippen molar-refractivity contribution in [1.82, 2.24) is 10.2 Å². The second-order valence-electron chi connectivity index (χ2n) is 7.52. The Labute approximate surface area is 184 Å². The number of hydrogen-bond acceptors (Lipinski definition) is 6. The molecule has 32 heavy (non-hydrogen) atoms. The third-order valence-electron chi connectivity index (χ3n) is 5.62. The van der Waals surface area contributed by atoms with Gasteiger partial charge in [0.15, 0.2) is 0 Å². The second kappa shape index (κ2) is 9.61. The van der Waals surface area contributed by atoms with Crippen LogP contribution in [0.15, 0.2) is 71.3 Å². The molecule has 9 heteroatoms. The number of nitro groups is 1. The molecular weight excluding hydrogens is 415 g/mol. The monoisotopic (exact) mass is 438 g/mol. The molecule has 1 saturated heterocycles. The summed E-state index contributed by atoms with van der Waals surface area (Å²) < 4.78 is 19.8. The van der Waals surface area contributed by atoms with E-state index >= 15 is 0 Å². The Morgan fingerprint density at radius 2 is 1.78 bits per heavy atom. The van der Waals surface area contributed by atoms with Gasteiger partial charge in [-0.1, -0.05) is 12.1 Å². The Balaban J connectivity index is 1.41. The first-order chi connectivity index (χ1) is 15.5. The van der Waals surface area contributed by atoms with E-state index in [0.29, 0.717) is 44.0 Å². The zero-order chi connectivity index (χ0) is 22.5. The number of nitro benzene ring substituents is 1. The van der Waals surface area contributed by atoms with Crippen molar-refractivity contribution in [3.8, 4) is 0 Å². The number of halogens is 1. The van der Waals surface area contributed by atoms with E-state index in [2.05, 4.69) is 10.2 Å². The molecule has 0 radical (unpaired) electrons. The van der Waals surface area contributed by atoms with Crippen molar-refractivity contribution < 1.29 is 18.5 Å². The molecule has 0 unspecified atom stereocenters. The maximum Gasteiger partial charge on any atom is 0.269 e. The third-order valence-corrected chi connectivity index (χ3v) is 5.62. The summed E-state index contributed by atoms with van der Waals surface area (Å²) in [6.45, 7) is 2.95. The van der Waals surface area contributed by atoms with Crippen molar-refractivity contribution in [3.05, 3.63) is 94.2 Å². The van der Waals surface area contributed by atoms with Crippen LogP contribution in [0.1, 0.15) is 22.2 Å². The molecule has 1 N–H and O–H groups in total. The molecule has 1 amide bonds.